The third-order valence-corrected chi connectivity index (χ3v) is 3.53. The number of nitrogen functional groups attached to an aromatic ring is 1. The van der Waals surface area contributed by atoms with Gasteiger partial charge in [0.25, 0.3) is 0 Å². The molecule has 0 amide bonds. The van der Waals surface area contributed by atoms with E-state index >= 15 is 0 Å². The van der Waals surface area contributed by atoms with Crippen molar-refractivity contribution in [3.05, 3.63) is 10.8 Å². The standard InChI is InChI=1S/C10H15BrN4O/c1-2-7-5-16-4-3-15(7)10-8(11)9(12)13-6-14-10/h6-7H,2-5H2,1H3,(H2,12,13,14). The number of hydrogen-bond donors (Lipinski definition) is 1. The lowest BCUT2D eigenvalue weighted by molar-refractivity contribution is 0.0925. The Bertz CT molecular complexity index is 374. The van der Waals surface area contributed by atoms with E-state index in [0.29, 0.717) is 11.9 Å². The normalized spacial score (nSPS) is 21.1. The van der Waals surface area contributed by atoms with Crippen molar-refractivity contribution in [3.8, 4) is 0 Å². The second kappa shape index (κ2) is 4.97. The molecule has 6 heteroatoms. The van der Waals surface area contributed by atoms with Crippen molar-refractivity contribution in [2.75, 3.05) is 30.4 Å². The summed E-state index contributed by atoms with van der Waals surface area (Å²) in [6.45, 7) is 4.46. The van der Waals surface area contributed by atoms with Crippen LogP contribution in [0, 0.1) is 0 Å². The monoisotopic (exact) mass is 286 g/mol. The molecule has 16 heavy (non-hydrogen) atoms. The Kier molecular flexibility index (Phi) is 3.60. The van der Waals surface area contributed by atoms with Crippen LogP contribution in [0.4, 0.5) is 11.6 Å². The van der Waals surface area contributed by atoms with Gasteiger partial charge in [0.2, 0.25) is 0 Å². The molecule has 2 rings (SSSR count). The average molecular weight is 287 g/mol. The molecule has 1 saturated heterocycles. The molecule has 88 valence electrons. The van der Waals surface area contributed by atoms with E-state index in [1.54, 1.807) is 0 Å². The fraction of sp³-hybridized carbons (Fsp3) is 0.600. The minimum absolute atomic E-state index is 0.361. The Morgan fingerprint density at radius 2 is 2.44 bits per heavy atom. The first-order chi connectivity index (χ1) is 7.74. The summed E-state index contributed by atoms with van der Waals surface area (Å²) >= 11 is 3.44. The van der Waals surface area contributed by atoms with Gasteiger partial charge in [0, 0.05) is 6.54 Å². The second-order valence-corrected chi connectivity index (χ2v) is 4.52. The molecule has 2 N–H and O–H groups in total. The van der Waals surface area contributed by atoms with Crippen molar-refractivity contribution in [1.82, 2.24) is 9.97 Å². The molecule has 0 saturated carbocycles. The first kappa shape index (κ1) is 11.6. The summed E-state index contributed by atoms with van der Waals surface area (Å²) in [7, 11) is 0. The van der Waals surface area contributed by atoms with E-state index in [1.165, 1.54) is 6.33 Å². The SMILES string of the molecule is CCC1COCCN1c1ncnc(N)c1Br. The quantitative estimate of drug-likeness (QED) is 0.891. The maximum atomic E-state index is 5.76. The van der Waals surface area contributed by atoms with Crippen molar-refractivity contribution in [3.63, 3.8) is 0 Å². The number of nitrogens with two attached hydrogens (primary N) is 1. The number of halogens is 1. The highest BCUT2D eigenvalue weighted by Crippen LogP contribution is 2.30. The Morgan fingerprint density at radius 1 is 1.62 bits per heavy atom. The van der Waals surface area contributed by atoms with Crippen LogP contribution in [-0.4, -0.2) is 35.8 Å². The van der Waals surface area contributed by atoms with E-state index in [4.69, 9.17) is 10.5 Å². The zero-order chi connectivity index (χ0) is 11.5. The van der Waals surface area contributed by atoms with Gasteiger partial charge in [0.1, 0.15) is 22.4 Å². The van der Waals surface area contributed by atoms with Crippen molar-refractivity contribution in [2.45, 2.75) is 19.4 Å². The van der Waals surface area contributed by atoms with E-state index in [2.05, 4.69) is 37.7 Å². The fourth-order valence-corrected chi connectivity index (χ4v) is 2.28. The van der Waals surface area contributed by atoms with Crippen LogP contribution in [0.15, 0.2) is 10.8 Å². The third-order valence-electron chi connectivity index (χ3n) is 2.77. The largest absolute Gasteiger partial charge is 0.383 e. The van der Waals surface area contributed by atoms with Gasteiger partial charge in [-0.15, -0.1) is 0 Å². The van der Waals surface area contributed by atoms with Crippen LogP contribution >= 0.6 is 15.9 Å². The molecule has 1 atom stereocenters. The highest BCUT2D eigenvalue weighted by molar-refractivity contribution is 9.10. The van der Waals surface area contributed by atoms with Crippen LogP contribution in [0.2, 0.25) is 0 Å². The van der Waals surface area contributed by atoms with Crippen molar-refractivity contribution >= 4 is 27.6 Å². The molecule has 2 heterocycles. The van der Waals surface area contributed by atoms with Gasteiger partial charge in [-0.1, -0.05) is 6.92 Å². The molecule has 0 bridgehead atoms. The molecule has 1 aromatic rings. The van der Waals surface area contributed by atoms with Crippen LogP contribution < -0.4 is 10.6 Å². The Morgan fingerprint density at radius 3 is 3.19 bits per heavy atom. The minimum Gasteiger partial charge on any atom is -0.383 e. The maximum Gasteiger partial charge on any atom is 0.148 e. The number of hydrogen-bond acceptors (Lipinski definition) is 5. The molecule has 5 nitrogen and oxygen atoms in total. The minimum atomic E-state index is 0.361. The molecule has 1 unspecified atom stereocenters. The fourth-order valence-electron chi connectivity index (χ4n) is 1.85. The van der Waals surface area contributed by atoms with Gasteiger partial charge >= 0.3 is 0 Å². The highest BCUT2D eigenvalue weighted by Gasteiger charge is 2.25. The molecular formula is C10H15BrN4O. The summed E-state index contributed by atoms with van der Waals surface area (Å²) in [5, 5.41) is 0. The molecule has 1 fully saturated rings. The van der Waals surface area contributed by atoms with Gasteiger partial charge in [-0.05, 0) is 22.4 Å². The maximum absolute atomic E-state index is 5.76. The second-order valence-electron chi connectivity index (χ2n) is 3.73. The smallest absolute Gasteiger partial charge is 0.148 e. The summed E-state index contributed by atoms with van der Waals surface area (Å²) in [5.41, 5.74) is 5.76. The number of morpholine rings is 1. The van der Waals surface area contributed by atoms with Gasteiger partial charge in [-0.25, -0.2) is 9.97 Å². The first-order valence-corrected chi connectivity index (χ1v) is 6.13. The highest BCUT2D eigenvalue weighted by atomic mass is 79.9. The van der Waals surface area contributed by atoms with Crippen LogP contribution in [0.3, 0.4) is 0 Å². The summed E-state index contributed by atoms with van der Waals surface area (Å²) in [5.74, 6) is 1.34. The molecule has 0 radical (unpaired) electrons. The van der Waals surface area contributed by atoms with Crippen LogP contribution in [0.25, 0.3) is 0 Å². The van der Waals surface area contributed by atoms with Crippen LogP contribution in [-0.2, 0) is 4.74 Å². The van der Waals surface area contributed by atoms with E-state index in [1.807, 2.05) is 0 Å². The van der Waals surface area contributed by atoms with Crippen LogP contribution in [0.5, 0.6) is 0 Å². The lowest BCUT2D eigenvalue weighted by Crippen LogP contribution is -2.45. The summed E-state index contributed by atoms with van der Waals surface area (Å²) in [6.07, 6.45) is 2.52. The summed E-state index contributed by atoms with van der Waals surface area (Å²) in [6, 6.07) is 0.361. The van der Waals surface area contributed by atoms with Crippen molar-refractivity contribution < 1.29 is 4.74 Å². The molecule has 0 spiro atoms. The van der Waals surface area contributed by atoms with Gasteiger partial charge in [0.15, 0.2) is 0 Å². The number of anilines is 2. The Balaban J connectivity index is 2.30. The Hall–Kier alpha value is -0.880. The molecule has 1 aliphatic rings. The topological polar surface area (TPSA) is 64.3 Å². The van der Waals surface area contributed by atoms with Crippen molar-refractivity contribution in [2.24, 2.45) is 0 Å². The molecule has 0 aromatic carbocycles. The van der Waals surface area contributed by atoms with Crippen LogP contribution in [0.1, 0.15) is 13.3 Å². The third kappa shape index (κ3) is 2.12. The lowest BCUT2D eigenvalue weighted by atomic mass is 10.2. The lowest BCUT2D eigenvalue weighted by Gasteiger charge is -2.36. The van der Waals surface area contributed by atoms with Crippen molar-refractivity contribution in [1.29, 1.82) is 0 Å². The van der Waals surface area contributed by atoms with E-state index in [-0.39, 0.29) is 0 Å². The molecular weight excluding hydrogens is 272 g/mol. The average Bonchev–Trinajstić information content (AvgIpc) is 2.33. The first-order valence-electron chi connectivity index (χ1n) is 5.34. The summed E-state index contributed by atoms with van der Waals surface area (Å²) < 4.78 is 6.24. The summed E-state index contributed by atoms with van der Waals surface area (Å²) in [4.78, 5) is 10.5. The molecule has 1 aromatic heterocycles. The van der Waals surface area contributed by atoms with E-state index in [9.17, 15) is 0 Å². The van der Waals surface area contributed by atoms with Gasteiger partial charge in [-0.2, -0.15) is 0 Å². The number of ether oxygens (including phenoxy) is 1. The zero-order valence-electron chi connectivity index (χ0n) is 9.19. The number of rotatable bonds is 2. The Labute approximate surface area is 103 Å². The molecule has 1 aliphatic heterocycles. The predicted molar refractivity (Wildman–Crippen MR) is 66.4 cm³/mol. The van der Waals surface area contributed by atoms with E-state index in [0.717, 1.165) is 36.5 Å². The van der Waals surface area contributed by atoms with Gasteiger partial charge in [-0.3, -0.25) is 0 Å². The molecule has 0 aliphatic carbocycles. The number of aromatic nitrogens is 2. The van der Waals surface area contributed by atoms with Gasteiger partial charge in [0.05, 0.1) is 19.3 Å². The van der Waals surface area contributed by atoms with E-state index < -0.39 is 0 Å². The predicted octanol–water partition coefficient (Wildman–Crippen LogP) is 1.44. The zero-order valence-corrected chi connectivity index (χ0v) is 10.8. The van der Waals surface area contributed by atoms with Gasteiger partial charge < -0.3 is 15.4 Å². The number of nitrogens with zero attached hydrogens (tertiary/aromatic N) is 3.